The van der Waals surface area contributed by atoms with Gasteiger partial charge in [-0.2, -0.15) is 0 Å². The highest BCUT2D eigenvalue weighted by molar-refractivity contribution is 14.1. The first-order valence-electron chi connectivity index (χ1n) is 35.0. The first-order valence-corrected chi connectivity index (χ1v) is 40.4. The van der Waals surface area contributed by atoms with Crippen LogP contribution in [0.5, 0.6) is 69.0 Å². The second-order valence-corrected chi connectivity index (χ2v) is 28.4. The molecule has 0 saturated heterocycles. The van der Waals surface area contributed by atoms with E-state index in [1.54, 1.807) is 148 Å². The third-order valence-corrected chi connectivity index (χ3v) is 20.1. The molecule has 2 heterocycles. The van der Waals surface area contributed by atoms with E-state index in [9.17, 15) is 33.9 Å². The zero-order chi connectivity index (χ0) is 90.1. The summed E-state index contributed by atoms with van der Waals surface area (Å²) in [5.74, 6) is 3.33. The Balaban J connectivity index is 0.000000253. The summed E-state index contributed by atoms with van der Waals surface area (Å²) in [4.78, 5) is 72.9. The lowest BCUT2D eigenvalue weighted by molar-refractivity contribution is -0.143. The molecule has 646 valence electrons. The Morgan fingerprint density at radius 1 is 0.446 bits per heavy atom. The van der Waals surface area contributed by atoms with Crippen molar-refractivity contribution < 1.29 is 95.7 Å². The zero-order valence-corrected chi connectivity index (χ0v) is 77.3. The molecule has 37 heteroatoms. The number of pyridine rings is 2. The van der Waals surface area contributed by atoms with Gasteiger partial charge in [0.15, 0.2) is 28.7 Å². The average Bonchev–Trinajstić information content (AvgIpc) is 0.741. The van der Waals surface area contributed by atoms with Crippen LogP contribution in [0.4, 0.5) is 28.4 Å². The van der Waals surface area contributed by atoms with Crippen molar-refractivity contribution in [1.29, 1.82) is 0 Å². The molecule has 0 unspecified atom stereocenters. The molecule has 28 nitrogen and oxygen atoms in total. The van der Waals surface area contributed by atoms with Gasteiger partial charge in [-0.25, -0.2) is 9.59 Å². The molecule has 10 N–H and O–H groups in total. The summed E-state index contributed by atoms with van der Waals surface area (Å²) in [6.45, 7) is 4.19. The second kappa shape index (κ2) is 49.9. The number of esters is 2. The van der Waals surface area contributed by atoms with Crippen molar-refractivity contribution in [3.63, 3.8) is 0 Å². The molecule has 0 spiro atoms. The van der Waals surface area contributed by atoms with Gasteiger partial charge in [0.2, 0.25) is 10.9 Å². The van der Waals surface area contributed by atoms with Gasteiger partial charge in [-0.15, -0.1) is 0 Å². The summed E-state index contributed by atoms with van der Waals surface area (Å²) >= 11 is 44.7. The van der Waals surface area contributed by atoms with Crippen LogP contribution in [0.15, 0.2) is 170 Å². The van der Waals surface area contributed by atoms with Crippen LogP contribution in [0, 0.1) is 0 Å². The minimum atomic E-state index is -1.02. The third-order valence-electron chi connectivity index (χ3n) is 16.4. The number of aromatic nitrogens is 2. The molecular weight excluding hydrogens is 1940 g/mol. The standard InChI is InChI=1S/C19H18ClNO5.C15H14ClNO4.C15H12ClNO3.C8H9BrClNO2.C8H8BrClO2.C8H10ClNO2.C7H7NO2.C4H7IO2/c1-4-26-15(22)10-21-13-8-6-5-7-11(13)18(23)16-14(24-2)9-12(20)19(25-3)17(16)21;1-20-9-7-11(16)14(21-2)13(8-9)17-12-6-4-3-5-10(12)15(18)19;1-19-11-7-9(16)15(20-2)13-12(11)14(18)8-5-3-4-6-10(8)17-13;1-12-5-3-4(10)8(13-2)6(9)7(5)11;1-11-5-3-6(9)8(12-2)7(10)4-5;1-11-7-4-6(10)8(12-2)3-5(7)9;8-6-4-2-1-3-5(6)7(9)10;1-2-7-4(6)3-5/h5-9H,4,10H2,1-3H3;3-8,17H,1-2H3,(H,18,19);3-7H,1-2H3,(H,17,18);3H,11H2,1-2H3;3-4H,1-2H3;3-4H,10H2,1-2H3;1-4H,8H2,(H,9,10);2-3H2,1H3. The maximum atomic E-state index is 13.1. The van der Waals surface area contributed by atoms with Crippen LogP contribution in [0.3, 0.4) is 0 Å². The number of ether oxygens (including phenoxy) is 14. The number of carbonyl (C=O) groups excluding carboxylic acids is 2. The number of anilines is 5. The molecule has 0 atom stereocenters. The van der Waals surface area contributed by atoms with Crippen LogP contribution < -0.4 is 90.2 Å². The number of nitrogens with two attached hydrogens (primary N) is 3. The molecule has 0 amide bonds. The predicted molar refractivity (Wildman–Crippen MR) is 493 cm³/mol. The van der Waals surface area contributed by atoms with Gasteiger partial charge in [0.25, 0.3) is 0 Å². The van der Waals surface area contributed by atoms with Crippen molar-refractivity contribution in [2.75, 3.05) is 125 Å². The number of benzene rings is 10. The number of hydrogen-bond acceptors (Lipinski definition) is 24. The summed E-state index contributed by atoms with van der Waals surface area (Å²) in [6.07, 6.45) is 0. The van der Waals surface area contributed by atoms with Crippen molar-refractivity contribution in [2.24, 2.45) is 0 Å². The molecule has 0 fully saturated rings. The minimum Gasteiger partial charge on any atom is -0.497 e. The van der Waals surface area contributed by atoms with Gasteiger partial charge in [-0.3, -0.25) is 19.2 Å². The van der Waals surface area contributed by atoms with Crippen molar-refractivity contribution in [2.45, 2.75) is 20.4 Å². The lowest BCUT2D eigenvalue weighted by Gasteiger charge is -2.19. The SMILES string of the molecule is CCOC(=O)CI.CCOC(=O)Cn1c2ccccc2c(=O)c2c(OC)cc(Cl)c(OC)c21.COc1c(Cl)cc(OC)c2c(=O)c3ccccc3[nH]c12.COc1cc(Cl)c(OC)c(Br)c1.COc1cc(Cl)c(OC)c(Br)c1N.COc1cc(Cl)c(OC)c(Nc2ccccc2C(=O)O)c1.COc1cc(Cl)c(OC)cc1N.Nc1ccccc1C(=O)O. The van der Waals surface area contributed by atoms with E-state index in [4.69, 9.17) is 153 Å². The molecule has 12 rings (SSSR count). The number of nitrogens with one attached hydrogen (secondary N) is 2. The molecule has 0 aliphatic heterocycles. The smallest absolute Gasteiger partial charge is 0.337 e. The van der Waals surface area contributed by atoms with Crippen LogP contribution in [-0.4, -0.2) is 147 Å². The van der Waals surface area contributed by atoms with Gasteiger partial charge >= 0.3 is 23.9 Å². The fourth-order valence-corrected chi connectivity index (χ4v) is 14.2. The largest absolute Gasteiger partial charge is 0.497 e. The van der Waals surface area contributed by atoms with Crippen LogP contribution in [0.25, 0.3) is 43.6 Å². The van der Waals surface area contributed by atoms with Crippen molar-refractivity contribution in [3.05, 3.63) is 222 Å². The minimum absolute atomic E-state index is 0.0923. The maximum Gasteiger partial charge on any atom is 0.337 e. The van der Waals surface area contributed by atoms with Gasteiger partial charge in [0.1, 0.15) is 52.3 Å². The number of aromatic carboxylic acids is 2. The van der Waals surface area contributed by atoms with E-state index in [1.807, 2.05) is 40.8 Å². The summed E-state index contributed by atoms with van der Waals surface area (Å²) in [7, 11) is 18.2. The summed E-state index contributed by atoms with van der Waals surface area (Å²) < 4.78 is 75.0. The molecule has 0 aliphatic carbocycles. The number of para-hydroxylation sites is 4. The van der Waals surface area contributed by atoms with Crippen LogP contribution in [0.1, 0.15) is 34.6 Å². The quantitative estimate of drug-likeness (QED) is 0.0115. The number of carbonyl (C=O) groups is 4. The number of nitrogens with zero attached hydrogens (tertiary/aromatic N) is 1. The normalized spacial score (nSPS) is 10.1. The van der Waals surface area contributed by atoms with Crippen molar-refractivity contribution in [3.8, 4) is 69.0 Å². The number of alkyl halides is 1. The number of methoxy groups -OCH3 is 12. The van der Waals surface area contributed by atoms with E-state index in [-0.39, 0.29) is 46.1 Å². The molecular formula is C84H85Br2Cl6IN6O22. The Bertz CT molecular complexity index is 5700. The molecule has 0 saturated carbocycles. The molecule has 0 radical (unpaired) electrons. The van der Waals surface area contributed by atoms with Crippen molar-refractivity contribution >= 4 is 220 Å². The van der Waals surface area contributed by atoms with Gasteiger partial charge in [-0.05, 0) is 100 Å². The lowest BCUT2D eigenvalue weighted by Crippen LogP contribution is -2.19. The lowest BCUT2D eigenvalue weighted by atomic mass is 10.1. The number of hydrogen-bond donors (Lipinski definition) is 7. The predicted octanol–water partition coefficient (Wildman–Crippen LogP) is 20.3. The summed E-state index contributed by atoms with van der Waals surface area (Å²) in [6, 6.07) is 42.0. The Hall–Kier alpha value is -10.8. The molecule has 0 bridgehead atoms. The number of carboxylic acid groups (broad SMARTS) is 2. The molecule has 2 aromatic heterocycles. The van der Waals surface area contributed by atoms with Crippen LogP contribution in [0.2, 0.25) is 30.1 Å². The Morgan fingerprint density at radius 2 is 0.901 bits per heavy atom. The monoisotopic (exact) mass is 2020 g/mol. The number of rotatable bonds is 21. The summed E-state index contributed by atoms with van der Waals surface area (Å²) in [5, 5.41) is 25.0. The maximum absolute atomic E-state index is 13.1. The van der Waals surface area contributed by atoms with Crippen molar-refractivity contribution in [1.82, 2.24) is 9.55 Å². The fourth-order valence-electron chi connectivity index (χ4n) is 10.9. The number of fused-ring (bicyclic) bond motifs is 4. The van der Waals surface area contributed by atoms with E-state index in [2.05, 4.69) is 46.9 Å². The number of aromatic amines is 1. The molecule has 121 heavy (non-hydrogen) atoms. The molecule has 10 aromatic carbocycles. The Morgan fingerprint density at radius 3 is 1.41 bits per heavy atom. The summed E-state index contributed by atoms with van der Waals surface area (Å²) in [5.41, 5.74) is 21.2. The van der Waals surface area contributed by atoms with E-state index >= 15 is 0 Å². The number of carboxylic acids is 2. The van der Waals surface area contributed by atoms with E-state index in [0.717, 1.165) is 9.99 Å². The highest BCUT2D eigenvalue weighted by Gasteiger charge is 2.24. The number of halogens is 9. The van der Waals surface area contributed by atoms with Crippen LogP contribution >= 0.6 is 124 Å². The Kier molecular flexibility index (Phi) is 41.5. The number of H-pyrrole nitrogens is 1. The highest BCUT2D eigenvalue weighted by atomic mass is 127. The first kappa shape index (κ1) is 101. The molecule has 12 aromatic rings. The van der Waals surface area contributed by atoms with Gasteiger partial charge in [-0.1, -0.05) is 141 Å². The number of nitrogen functional groups attached to an aromatic ring is 3. The topological polar surface area (TPSA) is 383 Å². The van der Waals surface area contributed by atoms with E-state index in [0.29, 0.717) is 176 Å². The van der Waals surface area contributed by atoms with E-state index in [1.165, 1.54) is 89.3 Å². The third kappa shape index (κ3) is 26.6. The average molecular weight is 2030 g/mol. The van der Waals surface area contributed by atoms with Crippen LogP contribution in [-0.2, 0) is 25.6 Å². The zero-order valence-electron chi connectivity index (χ0n) is 67.4. The Labute approximate surface area is 756 Å². The van der Waals surface area contributed by atoms with Gasteiger partial charge < -0.3 is 109 Å². The highest BCUT2D eigenvalue weighted by Crippen LogP contribution is 2.45. The first-order chi connectivity index (χ1) is 57.8. The fraction of sp³-hybridized carbons (Fsp3) is 0.214. The van der Waals surface area contributed by atoms with Gasteiger partial charge in [0, 0.05) is 70.5 Å². The molecule has 0 aliphatic rings. The second-order valence-electron chi connectivity index (χ2n) is 23.6. The van der Waals surface area contributed by atoms with E-state index < -0.39 is 17.9 Å². The van der Waals surface area contributed by atoms with Gasteiger partial charge in [0.05, 0.1) is 198 Å².